The van der Waals surface area contributed by atoms with E-state index in [0.29, 0.717) is 17.9 Å². The third kappa shape index (κ3) is 3.65. The fraction of sp³-hybridized carbons (Fsp3) is 0.458. The lowest BCUT2D eigenvalue weighted by Crippen LogP contribution is -2.47. The highest BCUT2D eigenvalue weighted by atomic mass is 19.1. The number of benzene rings is 1. The van der Waals surface area contributed by atoms with Gasteiger partial charge in [0.25, 0.3) is 0 Å². The summed E-state index contributed by atoms with van der Waals surface area (Å²) in [6, 6.07) is 4.92. The van der Waals surface area contributed by atoms with Crippen LogP contribution in [0.1, 0.15) is 38.2 Å². The average Bonchev–Trinajstić information content (AvgIpc) is 3.16. The molecule has 0 radical (unpaired) electrons. The maximum Gasteiger partial charge on any atom is 0.133 e. The Morgan fingerprint density at radius 2 is 2.20 bits per heavy atom. The predicted molar refractivity (Wildman–Crippen MR) is 116 cm³/mol. The van der Waals surface area contributed by atoms with Crippen molar-refractivity contribution in [2.45, 2.75) is 44.7 Å². The number of carbonyl (C=O) groups excluding carboxylic acids is 1. The summed E-state index contributed by atoms with van der Waals surface area (Å²) in [6.07, 6.45) is 9.39. The summed E-state index contributed by atoms with van der Waals surface area (Å²) in [5.74, 6) is 0.692. The van der Waals surface area contributed by atoms with Crippen molar-refractivity contribution < 1.29 is 13.9 Å². The molecule has 4 aliphatic heterocycles. The van der Waals surface area contributed by atoms with E-state index in [1.165, 1.54) is 6.07 Å². The number of hydrogen-bond acceptors (Lipinski definition) is 5. The number of aliphatic imine (C=N–C) groups is 2. The highest BCUT2D eigenvalue weighted by molar-refractivity contribution is 6.15. The van der Waals surface area contributed by atoms with Gasteiger partial charge in [-0.2, -0.15) is 0 Å². The molecule has 0 N–H and O–H groups in total. The summed E-state index contributed by atoms with van der Waals surface area (Å²) in [4.78, 5) is 23.7. The monoisotopic (exact) mass is 407 g/mol. The van der Waals surface area contributed by atoms with Crippen molar-refractivity contribution in [3.05, 3.63) is 47.4 Å². The molecule has 1 saturated heterocycles. The lowest BCUT2D eigenvalue weighted by atomic mass is 9.88. The molecule has 3 atom stereocenters. The van der Waals surface area contributed by atoms with Crippen LogP contribution in [0.15, 0.2) is 46.0 Å². The van der Waals surface area contributed by atoms with Crippen LogP contribution in [0.2, 0.25) is 0 Å². The molecule has 0 spiro atoms. The Labute approximate surface area is 176 Å². The molecule has 1 fully saturated rings. The van der Waals surface area contributed by atoms with Gasteiger partial charge < -0.3 is 4.74 Å². The Morgan fingerprint density at radius 3 is 3.07 bits per heavy atom. The number of piperidine rings is 1. The van der Waals surface area contributed by atoms with Crippen molar-refractivity contribution in [3.63, 3.8) is 0 Å². The minimum Gasteiger partial charge on any atom is -0.492 e. The van der Waals surface area contributed by atoms with E-state index >= 15 is 0 Å². The van der Waals surface area contributed by atoms with E-state index in [2.05, 4.69) is 16.0 Å². The molecule has 5 rings (SSSR count). The van der Waals surface area contributed by atoms with Crippen molar-refractivity contribution in [2.24, 2.45) is 15.9 Å². The van der Waals surface area contributed by atoms with Gasteiger partial charge in [0, 0.05) is 35.0 Å². The molecule has 1 aromatic carbocycles. The summed E-state index contributed by atoms with van der Waals surface area (Å²) in [5, 5.41) is 0. The van der Waals surface area contributed by atoms with Gasteiger partial charge in [-0.1, -0.05) is 6.08 Å². The smallest absolute Gasteiger partial charge is 0.133 e. The second-order valence-corrected chi connectivity index (χ2v) is 8.56. The fourth-order valence-corrected chi connectivity index (χ4v) is 4.85. The number of halogens is 1. The fourth-order valence-electron chi connectivity index (χ4n) is 4.85. The third-order valence-corrected chi connectivity index (χ3v) is 6.62. The number of ketones is 1. The van der Waals surface area contributed by atoms with Crippen LogP contribution < -0.4 is 4.74 Å². The van der Waals surface area contributed by atoms with Gasteiger partial charge in [-0.25, -0.2) is 4.39 Å². The summed E-state index contributed by atoms with van der Waals surface area (Å²) in [6.45, 7) is 4.04. The van der Waals surface area contributed by atoms with Crippen LogP contribution in [-0.4, -0.2) is 54.4 Å². The van der Waals surface area contributed by atoms with E-state index in [1.807, 2.05) is 6.08 Å². The number of carbonyl (C=O) groups is 1. The molecular weight excluding hydrogens is 381 g/mol. The van der Waals surface area contributed by atoms with Crippen LogP contribution in [0, 0.1) is 11.7 Å². The standard InChI is InChI=1S/C24H26FN3O2/c1-15(29)16-8-10-28-9-2-3-17-4-7-23-24(27-17)21(13-26-23)20-12-19(5-6-22(20)25)30-14-18(28)11-16/h4-7,12-13,16,18,23H,2-3,8-11,14H2,1H3. The highest BCUT2D eigenvalue weighted by Gasteiger charge is 2.31. The number of fused-ring (bicyclic) bond motifs is 4. The van der Waals surface area contributed by atoms with Gasteiger partial charge >= 0.3 is 0 Å². The molecule has 4 aliphatic rings. The Hall–Kier alpha value is -2.60. The van der Waals surface area contributed by atoms with E-state index < -0.39 is 0 Å². The largest absolute Gasteiger partial charge is 0.492 e. The van der Waals surface area contributed by atoms with Crippen LogP contribution in [0.3, 0.4) is 0 Å². The van der Waals surface area contributed by atoms with Gasteiger partial charge in [-0.15, -0.1) is 0 Å². The summed E-state index contributed by atoms with van der Waals surface area (Å²) < 4.78 is 20.8. The maximum absolute atomic E-state index is 14.7. The van der Waals surface area contributed by atoms with Gasteiger partial charge in [0.15, 0.2) is 0 Å². The lowest BCUT2D eigenvalue weighted by molar-refractivity contribution is -0.123. The van der Waals surface area contributed by atoms with E-state index in [9.17, 15) is 9.18 Å². The normalized spacial score (nSPS) is 28.5. The molecule has 1 aromatic rings. The van der Waals surface area contributed by atoms with Crippen LogP contribution in [0.4, 0.5) is 4.39 Å². The Kier molecular flexibility index (Phi) is 5.11. The Morgan fingerprint density at radius 1 is 1.30 bits per heavy atom. The van der Waals surface area contributed by atoms with Crippen LogP contribution >= 0.6 is 0 Å². The Balaban J connectivity index is 1.50. The second kappa shape index (κ2) is 7.91. The third-order valence-electron chi connectivity index (χ3n) is 6.62. The zero-order valence-corrected chi connectivity index (χ0v) is 17.2. The number of Topliss-reactive ketones (excluding diaryl/α,β-unsaturated/α-hetero) is 1. The topological polar surface area (TPSA) is 54.3 Å². The average molecular weight is 407 g/mol. The maximum atomic E-state index is 14.7. The molecule has 0 saturated carbocycles. The molecule has 4 bridgehead atoms. The first-order valence-electron chi connectivity index (χ1n) is 10.8. The molecule has 0 aliphatic carbocycles. The zero-order valence-electron chi connectivity index (χ0n) is 17.2. The van der Waals surface area contributed by atoms with E-state index in [0.717, 1.165) is 55.8 Å². The number of allylic oxidation sites excluding steroid dienone is 2. The molecule has 6 heteroatoms. The van der Waals surface area contributed by atoms with Gasteiger partial charge in [0.1, 0.15) is 30.0 Å². The summed E-state index contributed by atoms with van der Waals surface area (Å²) in [5.41, 5.74) is 3.05. The molecule has 30 heavy (non-hydrogen) atoms. The van der Waals surface area contributed by atoms with Crippen LogP contribution in [-0.2, 0) is 4.79 Å². The Bertz CT molecular complexity index is 994. The number of ether oxygens (including phenoxy) is 1. The van der Waals surface area contributed by atoms with Gasteiger partial charge in [-0.3, -0.25) is 19.7 Å². The molecule has 5 nitrogen and oxygen atoms in total. The molecule has 3 unspecified atom stereocenters. The summed E-state index contributed by atoms with van der Waals surface area (Å²) >= 11 is 0. The quantitative estimate of drug-likeness (QED) is 0.711. The lowest BCUT2D eigenvalue weighted by Gasteiger charge is -2.38. The summed E-state index contributed by atoms with van der Waals surface area (Å²) in [7, 11) is 0. The van der Waals surface area contributed by atoms with Crippen molar-refractivity contribution in [1.82, 2.24) is 4.90 Å². The van der Waals surface area contributed by atoms with Crippen LogP contribution in [0.25, 0.3) is 5.57 Å². The first-order chi connectivity index (χ1) is 14.6. The van der Waals surface area contributed by atoms with Crippen molar-refractivity contribution in [1.29, 1.82) is 0 Å². The number of dihydropyridines is 1. The van der Waals surface area contributed by atoms with Gasteiger partial charge in [-0.05, 0) is 70.0 Å². The predicted octanol–water partition coefficient (Wildman–Crippen LogP) is 3.84. The molecule has 0 amide bonds. The molecular formula is C24H26FN3O2. The number of nitrogens with zero attached hydrogens (tertiary/aromatic N) is 3. The molecule has 0 aromatic heterocycles. The molecule has 156 valence electrons. The van der Waals surface area contributed by atoms with Crippen molar-refractivity contribution >= 4 is 23.3 Å². The number of hydrogen-bond donors (Lipinski definition) is 0. The minimum absolute atomic E-state index is 0.0995. The van der Waals surface area contributed by atoms with E-state index in [-0.39, 0.29) is 29.6 Å². The highest BCUT2D eigenvalue weighted by Crippen LogP contribution is 2.34. The number of rotatable bonds is 1. The first kappa shape index (κ1) is 19.4. The van der Waals surface area contributed by atoms with Crippen molar-refractivity contribution in [3.8, 4) is 5.75 Å². The minimum atomic E-state index is -0.300. The van der Waals surface area contributed by atoms with Crippen LogP contribution in [0.5, 0.6) is 5.75 Å². The zero-order chi connectivity index (χ0) is 20.7. The van der Waals surface area contributed by atoms with Crippen molar-refractivity contribution in [2.75, 3.05) is 19.7 Å². The van der Waals surface area contributed by atoms with E-state index in [4.69, 9.17) is 9.73 Å². The van der Waals surface area contributed by atoms with E-state index in [1.54, 1.807) is 25.3 Å². The molecule has 4 heterocycles. The van der Waals surface area contributed by atoms with Gasteiger partial charge in [0.05, 0.1) is 5.70 Å². The van der Waals surface area contributed by atoms with Gasteiger partial charge in [0.2, 0.25) is 0 Å². The second-order valence-electron chi connectivity index (χ2n) is 8.56. The first-order valence-corrected chi connectivity index (χ1v) is 10.8. The SMILES string of the molecule is CC(=O)C1CCN2CCCC3=NC4=C(C=NC4C=C3)c3cc(ccc3F)OCC2C1.